The maximum Gasteiger partial charge on any atom is 0.239 e. The van der Waals surface area contributed by atoms with Gasteiger partial charge in [0.05, 0.1) is 6.04 Å². The molecule has 0 heterocycles. The topological polar surface area (TPSA) is 46.3 Å². The van der Waals surface area contributed by atoms with Gasteiger partial charge in [0.1, 0.15) is 0 Å². The predicted molar refractivity (Wildman–Crippen MR) is 82.9 cm³/mol. The lowest BCUT2D eigenvalue weighted by atomic mass is 9.98. The first kappa shape index (κ1) is 18.4. The first-order valence-electron chi connectivity index (χ1n) is 7.83. The molecular formula is C16H34N2O. The Morgan fingerprint density at radius 3 is 1.74 bits per heavy atom. The number of amides is 1. The molecule has 3 nitrogen and oxygen atoms in total. The molecular weight excluding hydrogens is 236 g/mol. The molecule has 0 aliphatic rings. The van der Waals surface area contributed by atoms with Crippen molar-refractivity contribution in [3.63, 3.8) is 0 Å². The second kappa shape index (κ2) is 9.35. The Morgan fingerprint density at radius 1 is 1.00 bits per heavy atom. The van der Waals surface area contributed by atoms with Crippen LogP contribution in [0.5, 0.6) is 0 Å². The minimum Gasteiger partial charge on any atom is -0.341 e. The van der Waals surface area contributed by atoms with Crippen molar-refractivity contribution >= 4 is 5.91 Å². The molecule has 0 saturated carbocycles. The van der Waals surface area contributed by atoms with Crippen LogP contribution in [0.15, 0.2) is 0 Å². The van der Waals surface area contributed by atoms with Crippen LogP contribution in [0.1, 0.15) is 60.8 Å². The first-order chi connectivity index (χ1) is 8.79. The van der Waals surface area contributed by atoms with Gasteiger partial charge in [-0.3, -0.25) is 4.79 Å². The van der Waals surface area contributed by atoms with Gasteiger partial charge in [-0.15, -0.1) is 0 Å². The van der Waals surface area contributed by atoms with Gasteiger partial charge in [-0.1, -0.05) is 48.0 Å². The minimum absolute atomic E-state index is 0.135. The number of carbonyl (C=O) groups excluding carboxylic acids is 1. The van der Waals surface area contributed by atoms with Crippen LogP contribution in [0.4, 0.5) is 0 Å². The third-order valence-corrected chi connectivity index (χ3v) is 3.81. The zero-order valence-electron chi connectivity index (χ0n) is 13.8. The van der Waals surface area contributed by atoms with Gasteiger partial charge in [0.15, 0.2) is 0 Å². The van der Waals surface area contributed by atoms with E-state index in [1.165, 1.54) is 0 Å². The van der Waals surface area contributed by atoms with E-state index in [2.05, 4.69) is 41.5 Å². The molecule has 2 N–H and O–H groups in total. The maximum atomic E-state index is 12.5. The second-order valence-corrected chi connectivity index (χ2v) is 6.60. The second-order valence-electron chi connectivity index (χ2n) is 6.60. The van der Waals surface area contributed by atoms with E-state index >= 15 is 0 Å². The van der Waals surface area contributed by atoms with E-state index in [4.69, 9.17) is 5.73 Å². The van der Waals surface area contributed by atoms with Crippen LogP contribution in [-0.2, 0) is 4.79 Å². The van der Waals surface area contributed by atoms with Crippen LogP contribution >= 0.6 is 0 Å². The highest BCUT2D eigenvalue weighted by Gasteiger charge is 2.24. The Bertz CT molecular complexity index is 239. The summed E-state index contributed by atoms with van der Waals surface area (Å²) in [5.74, 6) is 1.63. The molecule has 0 spiro atoms. The third kappa shape index (κ3) is 7.56. The van der Waals surface area contributed by atoms with E-state index in [0.717, 1.165) is 32.4 Å². The number of hydrogen-bond acceptors (Lipinski definition) is 2. The van der Waals surface area contributed by atoms with Crippen LogP contribution in [0, 0.1) is 17.8 Å². The maximum absolute atomic E-state index is 12.5. The fourth-order valence-electron chi connectivity index (χ4n) is 1.87. The van der Waals surface area contributed by atoms with Gasteiger partial charge in [-0.25, -0.2) is 0 Å². The van der Waals surface area contributed by atoms with Gasteiger partial charge in [-0.2, -0.15) is 0 Å². The Labute approximate surface area is 119 Å². The van der Waals surface area contributed by atoms with E-state index in [9.17, 15) is 4.79 Å². The monoisotopic (exact) mass is 270 g/mol. The Morgan fingerprint density at radius 2 is 1.42 bits per heavy atom. The molecule has 0 saturated heterocycles. The fraction of sp³-hybridized carbons (Fsp3) is 0.938. The van der Waals surface area contributed by atoms with Gasteiger partial charge in [0, 0.05) is 13.1 Å². The lowest BCUT2D eigenvalue weighted by Gasteiger charge is -2.29. The van der Waals surface area contributed by atoms with Crippen LogP contribution < -0.4 is 5.73 Å². The predicted octanol–water partition coefficient (Wildman–Crippen LogP) is 3.28. The number of carbonyl (C=O) groups is 1. The highest BCUT2D eigenvalue weighted by Crippen LogP contribution is 2.12. The summed E-state index contributed by atoms with van der Waals surface area (Å²) >= 11 is 0. The van der Waals surface area contributed by atoms with Crippen molar-refractivity contribution in [1.82, 2.24) is 4.90 Å². The number of rotatable bonds is 9. The number of nitrogens with two attached hydrogens (primary N) is 1. The molecule has 0 aliphatic heterocycles. The Kier molecular flexibility index (Phi) is 9.07. The summed E-state index contributed by atoms with van der Waals surface area (Å²) in [4.78, 5) is 14.5. The molecule has 19 heavy (non-hydrogen) atoms. The number of hydrogen-bond donors (Lipinski definition) is 1. The normalized spacial score (nSPS) is 14.8. The number of nitrogens with zero attached hydrogens (tertiary/aromatic N) is 1. The molecule has 0 bridgehead atoms. The van der Waals surface area contributed by atoms with E-state index in [0.29, 0.717) is 11.8 Å². The highest BCUT2D eigenvalue weighted by atomic mass is 16.2. The summed E-state index contributed by atoms with van der Waals surface area (Å²) < 4.78 is 0. The molecule has 2 unspecified atom stereocenters. The summed E-state index contributed by atoms with van der Waals surface area (Å²) in [5, 5.41) is 0. The summed E-state index contributed by atoms with van der Waals surface area (Å²) in [6.45, 7) is 14.6. The van der Waals surface area contributed by atoms with E-state index in [1.807, 2.05) is 4.90 Å². The van der Waals surface area contributed by atoms with Crippen molar-refractivity contribution < 1.29 is 4.79 Å². The van der Waals surface area contributed by atoms with Crippen LogP contribution in [-0.4, -0.2) is 29.9 Å². The zero-order valence-corrected chi connectivity index (χ0v) is 13.8. The molecule has 0 aliphatic carbocycles. The van der Waals surface area contributed by atoms with Crippen LogP contribution in [0.2, 0.25) is 0 Å². The van der Waals surface area contributed by atoms with Crippen LogP contribution in [0.3, 0.4) is 0 Å². The first-order valence-corrected chi connectivity index (χ1v) is 7.83. The third-order valence-electron chi connectivity index (χ3n) is 3.81. The lowest BCUT2D eigenvalue weighted by Crippen LogP contribution is -2.48. The van der Waals surface area contributed by atoms with Gasteiger partial charge in [0.25, 0.3) is 0 Å². The van der Waals surface area contributed by atoms with Crippen LogP contribution in [0.25, 0.3) is 0 Å². The van der Waals surface area contributed by atoms with Crippen molar-refractivity contribution in [3.8, 4) is 0 Å². The minimum atomic E-state index is -0.343. The molecule has 0 fully saturated rings. The lowest BCUT2D eigenvalue weighted by molar-refractivity contribution is -0.134. The molecule has 0 aromatic heterocycles. The van der Waals surface area contributed by atoms with Gasteiger partial charge in [0.2, 0.25) is 5.91 Å². The van der Waals surface area contributed by atoms with E-state index in [1.54, 1.807) is 0 Å². The van der Waals surface area contributed by atoms with Crippen molar-refractivity contribution in [1.29, 1.82) is 0 Å². The van der Waals surface area contributed by atoms with E-state index < -0.39 is 0 Å². The van der Waals surface area contributed by atoms with Crippen molar-refractivity contribution in [3.05, 3.63) is 0 Å². The van der Waals surface area contributed by atoms with Gasteiger partial charge < -0.3 is 10.6 Å². The molecule has 0 rings (SSSR count). The summed E-state index contributed by atoms with van der Waals surface area (Å²) in [6.07, 6.45) is 3.06. The average Bonchev–Trinajstić information content (AvgIpc) is 2.35. The average molecular weight is 270 g/mol. The van der Waals surface area contributed by atoms with Gasteiger partial charge >= 0.3 is 0 Å². The molecule has 1 amide bonds. The molecule has 0 aromatic carbocycles. The van der Waals surface area contributed by atoms with Gasteiger partial charge in [-0.05, 0) is 30.6 Å². The molecule has 3 heteroatoms. The molecule has 0 aromatic rings. The smallest absolute Gasteiger partial charge is 0.239 e. The Hall–Kier alpha value is -0.570. The summed E-state index contributed by atoms with van der Waals surface area (Å²) in [5.41, 5.74) is 6.09. The largest absolute Gasteiger partial charge is 0.341 e. The Balaban J connectivity index is 4.56. The quantitative estimate of drug-likeness (QED) is 0.699. The van der Waals surface area contributed by atoms with Crippen molar-refractivity contribution in [2.24, 2.45) is 23.5 Å². The SMILES string of the molecule is CCC(C)C(N)C(=O)N(CCC(C)C)CCC(C)C. The summed E-state index contributed by atoms with van der Waals surface area (Å²) in [7, 11) is 0. The molecule has 2 atom stereocenters. The summed E-state index contributed by atoms with van der Waals surface area (Å²) in [6, 6.07) is -0.343. The standard InChI is InChI=1S/C16H34N2O/c1-7-14(6)15(17)16(19)18(10-8-12(2)3)11-9-13(4)5/h12-15H,7-11,17H2,1-6H3. The molecule has 0 radical (unpaired) electrons. The zero-order chi connectivity index (χ0) is 15.0. The fourth-order valence-corrected chi connectivity index (χ4v) is 1.87. The molecule has 114 valence electrons. The highest BCUT2D eigenvalue weighted by molar-refractivity contribution is 5.81. The van der Waals surface area contributed by atoms with Crippen molar-refractivity contribution in [2.75, 3.05) is 13.1 Å². The van der Waals surface area contributed by atoms with Crippen molar-refractivity contribution in [2.45, 2.75) is 66.8 Å². The van der Waals surface area contributed by atoms with E-state index in [-0.39, 0.29) is 17.9 Å².